The summed E-state index contributed by atoms with van der Waals surface area (Å²) in [6, 6.07) is -0.960. The van der Waals surface area contributed by atoms with Crippen molar-refractivity contribution in [1.29, 1.82) is 0 Å². The van der Waals surface area contributed by atoms with E-state index in [0.717, 1.165) is 0 Å². The summed E-state index contributed by atoms with van der Waals surface area (Å²) in [5.74, 6) is -3.84. The molecule has 1 aliphatic rings. The number of carbonyl (C=O) groups excluding carboxylic acids is 1. The molecule has 1 aliphatic carbocycles. The van der Waals surface area contributed by atoms with Gasteiger partial charge in [0, 0.05) is 0 Å². The third kappa shape index (κ3) is 3.24. The predicted octanol–water partition coefficient (Wildman–Crippen LogP) is 0.959. The van der Waals surface area contributed by atoms with E-state index in [1.165, 1.54) is 0 Å². The summed E-state index contributed by atoms with van der Waals surface area (Å²) in [5, 5.41) is 20.5. The molecular formula is C13H21NO5. The highest BCUT2D eigenvalue weighted by Gasteiger charge is 2.66. The minimum Gasteiger partial charge on any atom is -0.481 e. The van der Waals surface area contributed by atoms with E-state index < -0.39 is 41.1 Å². The minimum atomic E-state index is -1.09. The lowest BCUT2D eigenvalue weighted by Gasteiger charge is -2.16. The maximum atomic E-state index is 12.0. The van der Waals surface area contributed by atoms with Crippen molar-refractivity contribution in [2.45, 2.75) is 40.2 Å². The number of carboxylic acid groups (broad SMARTS) is 2. The van der Waals surface area contributed by atoms with E-state index in [4.69, 9.17) is 10.2 Å². The van der Waals surface area contributed by atoms with Crippen LogP contribution in [0.25, 0.3) is 0 Å². The summed E-state index contributed by atoms with van der Waals surface area (Å²) in [6.07, 6.45) is 0.325. The molecule has 0 aromatic carbocycles. The second kappa shape index (κ2) is 5.19. The van der Waals surface area contributed by atoms with Crippen LogP contribution in [0.3, 0.4) is 0 Å². The van der Waals surface area contributed by atoms with Crippen molar-refractivity contribution in [3.63, 3.8) is 0 Å². The molecule has 1 unspecified atom stereocenters. The van der Waals surface area contributed by atoms with E-state index in [1.807, 2.05) is 13.8 Å². The van der Waals surface area contributed by atoms with Gasteiger partial charge in [-0.3, -0.25) is 9.59 Å². The lowest BCUT2D eigenvalue weighted by molar-refractivity contribution is -0.143. The van der Waals surface area contributed by atoms with Gasteiger partial charge in [0.15, 0.2) is 0 Å². The van der Waals surface area contributed by atoms with E-state index in [-0.39, 0.29) is 5.92 Å². The van der Waals surface area contributed by atoms with Gasteiger partial charge in [0.1, 0.15) is 6.04 Å². The molecule has 1 fully saturated rings. The van der Waals surface area contributed by atoms with Gasteiger partial charge in [-0.1, -0.05) is 27.7 Å². The van der Waals surface area contributed by atoms with E-state index in [0.29, 0.717) is 6.42 Å². The van der Waals surface area contributed by atoms with Crippen LogP contribution in [0.5, 0.6) is 0 Å². The zero-order chi connectivity index (χ0) is 15.0. The molecule has 0 saturated heterocycles. The maximum Gasteiger partial charge on any atom is 0.326 e. The van der Waals surface area contributed by atoms with Gasteiger partial charge in [0.2, 0.25) is 5.91 Å². The van der Waals surface area contributed by atoms with Gasteiger partial charge >= 0.3 is 11.9 Å². The predicted molar refractivity (Wildman–Crippen MR) is 67.4 cm³/mol. The zero-order valence-corrected chi connectivity index (χ0v) is 11.6. The van der Waals surface area contributed by atoms with Gasteiger partial charge < -0.3 is 15.5 Å². The van der Waals surface area contributed by atoms with Crippen LogP contribution in [0, 0.1) is 23.2 Å². The molecule has 6 heteroatoms. The average Bonchev–Trinajstić information content (AvgIpc) is 2.79. The molecule has 19 heavy (non-hydrogen) atoms. The summed E-state index contributed by atoms with van der Waals surface area (Å²) < 4.78 is 0. The highest BCUT2D eigenvalue weighted by molar-refractivity contribution is 5.93. The molecule has 1 rings (SSSR count). The lowest BCUT2D eigenvalue weighted by atomic mass is 10.0. The van der Waals surface area contributed by atoms with Gasteiger partial charge in [0.05, 0.1) is 11.8 Å². The molecule has 3 N–H and O–H groups in total. The molecule has 0 aliphatic heterocycles. The fourth-order valence-corrected chi connectivity index (χ4v) is 2.54. The normalized spacial score (nSPS) is 25.7. The van der Waals surface area contributed by atoms with Crippen molar-refractivity contribution in [3.05, 3.63) is 0 Å². The molecule has 0 aromatic heterocycles. The number of hydrogen-bond donors (Lipinski definition) is 3. The van der Waals surface area contributed by atoms with Crippen molar-refractivity contribution in [3.8, 4) is 0 Å². The lowest BCUT2D eigenvalue weighted by Crippen LogP contribution is -2.43. The Hall–Kier alpha value is -1.59. The minimum absolute atomic E-state index is 0.129. The number of carbonyl (C=O) groups is 3. The van der Waals surface area contributed by atoms with Crippen LogP contribution in [-0.4, -0.2) is 34.1 Å². The first kappa shape index (κ1) is 15.5. The zero-order valence-electron chi connectivity index (χ0n) is 11.6. The molecule has 0 bridgehead atoms. The van der Waals surface area contributed by atoms with Gasteiger partial charge in [-0.05, 0) is 17.8 Å². The molecule has 1 saturated carbocycles. The van der Waals surface area contributed by atoms with Crippen LogP contribution >= 0.6 is 0 Å². The molecule has 0 radical (unpaired) electrons. The molecule has 0 aromatic rings. The molecular weight excluding hydrogens is 250 g/mol. The first-order valence-electron chi connectivity index (χ1n) is 6.35. The Morgan fingerprint density at radius 1 is 1.16 bits per heavy atom. The highest BCUT2D eigenvalue weighted by atomic mass is 16.4. The molecule has 6 nitrogen and oxygen atoms in total. The number of carboxylic acids is 2. The summed E-state index contributed by atoms with van der Waals surface area (Å²) in [6.45, 7) is 7.13. The fourth-order valence-electron chi connectivity index (χ4n) is 2.54. The van der Waals surface area contributed by atoms with Crippen molar-refractivity contribution in [2.24, 2.45) is 23.2 Å². The van der Waals surface area contributed by atoms with Crippen LogP contribution < -0.4 is 5.32 Å². The summed E-state index contributed by atoms with van der Waals surface area (Å²) in [5.41, 5.74) is -0.614. The molecule has 0 heterocycles. The number of nitrogens with one attached hydrogen (secondary N) is 1. The monoisotopic (exact) mass is 271 g/mol. The largest absolute Gasteiger partial charge is 0.481 e. The van der Waals surface area contributed by atoms with E-state index in [1.54, 1.807) is 13.8 Å². The third-order valence-corrected chi connectivity index (χ3v) is 3.70. The first-order valence-corrected chi connectivity index (χ1v) is 6.35. The van der Waals surface area contributed by atoms with Gasteiger partial charge in [0.25, 0.3) is 0 Å². The molecule has 0 spiro atoms. The van der Waals surface area contributed by atoms with Crippen LogP contribution in [0.4, 0.5) is 0 Å². The van der Waals surface area contributed by atoms with Crippen LogP contribution in [0.2, 0.25) is 0 Å². The van der Waals surface area contributed by atoms with Crippen LogP contribution in [0.15, 0.2) is 0 Å². The summed E-state index contributed by atoms with van der Waals surface area (Å²) >= 11 is 0. The number of hydrogen-bond acceptors (Lipinski definition) is 3. The summed E-state index contributed by atoms with van der Waals surface area (Å²) in [4.78, 5) is 34.0. The fraction of sp³-hybridized carbons (Fsp3) is 0.769. The van der Waals surface area contributed by atoms with Gasteiger partial charge in [-0.2, -0.15) is 0 Å². The van der Waals surface area contributed by atoms with Gasteiger partial charge in [-0.25, -0.2) is 4.79 Å². The third-order valence-electron chi connectivity index (χ3n) is 3.70. The standard InChI is InChI=1S/C13H21NO5/c1-6(2)5-7(11(16)17)14-10(15)8-9(12(18)19)13(8,3)4/h6-9H,5H2,1-4H3,(H,14,15)(H,16,17)(H,18,19)/t7?,8-,9+/m1/s1. The Bertz CT molecular complexity index is 402. The molecule has 1 amide bonds. The SMILES string of the molecule is CC(C)CC(NC(=O)[C@H]1[C@@H](C(=O)O)C1(C)C)C(=O)O. The highest BCUT2D eigenvalue weighted by Crippen LogP contribution is 2.58. The second-order valence-electron chi connectivity index (χ2n) is 6.14. The van der Waals surface area contributed by atoms with Crippen molar-refractivity contribution >= 4 is 17.8 Å². The summed E-state index contributed by atoms with van der Waals surface area (Å²) in [7, 11) is 0. The number of aliphatic carboxylic acids is 2. The van der Waals surface area contributed by atoms with E-state index in [2.05, 4.69) is 5.32 Å². The Morgan fingerprint density at radius 2 is 1.68 bits per heavy atom. The Morgan fingerprint density at radius 3 is 2.00 bits per heavy atom. The van der Waals surface area contributed by atoms with Crippen molar-refractivity contribution in [1.82, 2.24) is 5.32 Å². The first-order chi connectivity index (χ1) is 8.59. The quantitative estimate of drug-likeness (QED) is 0.667. The van der Waals surface area contributed by atoms with Gasteiger partial charge in [-0.15, -0.1) is 0 Å². The Balaban J connectivity index is 2.69. The van der Waals surface area contributed by atoms with E-state index in [9.17, 15) is 14.4 Å². The average molecular weight is 271 g/mol. The second-order valence-corrected chi connectivity index (χ2v) is 6.14. The molecule has 3 atom stereocenters. The Labute approximate surface area is 112 Å². The van der Waals surface area contributed by atoms with Crippen LogP contribution in [0.1, 0.15) is 34.1 Å². The smallest absolute Gasteiger partial charge is 0.326 e. The number of rotatable bonds is 6. The molecule has 108 valence electrons. The van der Waals surface area contributed by atoms with Crippen molar-refractivity contribution in [2.75, 3.05) is 0 Å². The van der Waals surface area contributed by atoms with Crippen LogP contribution in [-0.2, 0) is 14.4 Å². The Kier molecular flexibility index (Phi) is 4.22. The number of amides is 1. The topological polar surface area (TPSA) is 104 Å². The maximum absolute atomic E-state index is 12.0. The van der Waals surface area contributed by atoms with Crippen molar-refractivity contribution < 1.29 is 24.6 Å². The van der Waals surface area contributed by atoms with E-state index >= 15 is 0 Å².